The van der Waals surface area contributed by atoms with Gasteiger partial charge in [0, 0.05) is 11.1 Å². The molecule has 0 atom stereocenters. The Bertz CT molecular complexity index is 1060. The number of rotatable bonds is 7. The highest BCUT2D eigenvalue weighted by molar-refractivity contribution is 5.73. The van der Waals surface area contributed by atoms with Gasteiger partial charge in [-0.1, -0.05) is 61.9 Å². The lowest BCUT2D eigenvalue weighted by atomic mass is 10.0. The van der Waals surface area contributed by atoms with Crippen LogP contribution >= 0.6 is 0 Å². The van der Waals surface area contributed by atoms with E-state index in [0.29, 0.717) is 23.1 Å². The molecule has 0 bridgehead atoms. The summed E-state index contributed by atoms with van der Waals surface area (Å²) in [4.78, 5) is 0. The molecular formula is C25H22F4O. The van der Waals surface area contributed by atoms with Gasteiger partial charge in [-0.05, 0) is 42.2 Å². The predicted octanol–water partition coefficient (Wildman–Crippen LogP) is 7.43. The number of hydrogen-bond donors (Lipinski definition) is 0. The highest BCUT2D eigenvalue weighted by Crippen LogP contribution is 2.30. The van der Waals surface area contributed by atoms with Crippen molar-refractivity contribution >= 4 is 12.2 Å². The minimum Gasteiger partial charge on any atom is -0.491 e. The minimum atomic E-state index is -1.03. The van der Waals surface area contributed by atoms with E-state index >= 15 is 0 Å². The summed E-state index contributed by atoms with van der Waals surface area (Å²) in [6.45, 7) is 3.84. The van der Waals surface area contributed by atoms with Crippen LogP contribution in [0.5, 0.6) is 5.75 Å². The Morgan fingerprint density at radius 1 is 0.733 bits per heavy atom. The van der Waals surface area contributed by atoms with E-state index in [2.05, 4.69) is 0 Å². The first-order valence-electron chi connectivity index (χ1n) is 9.82. The fourth-order valence-electron chi connectivity index (χ4n) is 3.18. The van der Waals surface area contributed by atoms with Gasteiger partial charge in [0.15, 0.2) is 23.2 Å². The maximum Gasteiger partial charge on any atom is 0.201 e. The fourth-order valence-corrected chi connectivity index (χ4v) is 3.18. The smallest absolute Gasteiger partial charge is 0.201 e. The highest BCUT2D eigenvalue weighted by Gasteiger charge is 2.15. The molecule has 0 unspecified atom stereocenters. The normalized spacial score (nSPS) is 11.3. The molecule has 0 saturated carbocycles. The predicted molar refractivity (Wildman–Crippen MR) is 112 cm³/mol. The number of aryl methyl sites for hydroxylation is 1. The van der Waals surface area contributed by atoms with Gasteiger partial charge >= 0.3 is 0 Å². The van der Waals surface area contributed by atoms with Crippen LogP contribution in [0.15, 0.2) is 48.5 Å². The van der Waals surface area contributed by atoms with Crippen LogP contribution < -0.4 is 4.74 Å². The average molecular weight is 414 g/mol. The van der Waals surface area contributed by atoms with Crippen LogP contribution in [0.1, 0.15) is 37.0 Å². The highest BCUT2D eigenvalue weighted by atomic mass is 19.2. The first-order valence-corrected chi connectivity index (χ1v) is 9.82. The zero-order valence-electron chi connectivity index (χ0n) is 16.8. The van der Waals surface area contributed by atoms with Gasteiger partial charge in [-0.25, -0.2) is 13.2 Å². The topological polar surface area (TPSA) is 9.23 Å². The van der Waals surface area contributed by atoms with Crippen LogP contribution in [-0.2, 0) is 6.42 Å². The molecule has 0 fully saturated rings. The third-order valence-electron chi connectivity index (χ3n) is 4.74. The maximum absolute atomic E-state index is 14.4. The van der Waals surface area contributed by atoms with E-state index < -0.39 is 23.3 Å². The van der Waals surface area contributed by atoms with Gasteiger partial charge in [-0.15, -0.1) is 0 Å². The van der Waals surface area contributed by atoms with Crippen molar-refractivity contribution in [3.8, 4) is 16.9 Å². The lowest BCUT2D eigenvalue weighted by molar-refractivity contribution is 0.314. The van der Waals surface area contributed by atoms with E-state index in [1.807, 2.05) is 6.92 Å². The van der Waals surface area contributed by atoms with Gasteiger partial charge < -0.3 is 4.74 Å². The van der Waals surface area contributed by atoms with Crippen LogP contribution in [0, 0.1) is 23.3 Å². The summed E-state index contributed by atoms with van der Waals surface area (Å²) in [5.41, 5.74) is 1.83. The molecule has 0 spiro atoms. The van der Waals surface area contributed by atoms with Gasteiger partial charge in [0.2, 0.25) is 5.82 Å². The molecule has 1 nitrogen and oxygen atoms in total. The molecule has 0 aliphatic rings. The van der Waals surface area contributed by atoms with Crippen molar-refractivity contribution in [2.45, 2.75) is 26.7 Å². The molecule has 3 aromatic rings. The monoisotopic (exact) mass is 414 g/mol. The fraction of sp³-hybridized carbons (Fsp3) is 0.200. The Labute approximate surface area is 173 Å². The quantitative estimate of drug-likeness (QED) is 0.288. The first kappa shape index (κ1) is 21.6. The van der Waals surface area contributed by atoms with Crippen LogP contribution in [0.4, 0.5) is 17.6 Å². The second-order valence-corrected chi connectivity index (χ2v) is 6.82. The minimum absolute atomic E-state index is 0.117. The Balaban J connectivity index is 1.82. The van der Waals surface area contributed by atoms with Crippen molar-refractivity contribution in [2.24, 2.45) is 0 Å². The van der Waals surface area contributed by atoms with E-state index in [-0.39, 0.29) is 23.5 Å². The molecule has 0 aliphatic heterocycles. The van der Waals surface area contributed by atoms with Crippen molar-refractivity contribution in [3.63, 3.8) is 0 Å². The lowest BCUT2D eigenvalue weighted by Crippen LogP contribution is -1.98. The van der Waals surface area contributed by atoms with Crippen molar-refractivity contribution < 1.29 is 22.3 Å². The SMILES string of the molecule is CCCc1ccc(/C=C/c2ccc(-c3ccc(OCC)c(F)c3F)cc2)c(F)c1F. The zero-order chi connectivity index (χ0) is 21.7. The van der Waals surface area contributed by atoms with Crippen LogP contribution in [-0.4, -0.2) is 6.61 Å². The van der Waals surface area contributed by atoms with Crippen LogP contribution in [0.3, 0.4) is 0 Å². The van der Waals surface area contributed by atoms with E-state index in [9.17, 15) is 17.6 Å². The molecule has 30 heavy (non-hydrogen) atoms. The Kier molecular flexibility index (Phi) is 6.93. The summed E-state index contributed by atoms with van der Waals surface area (Å²) in [7, 11) is 0. The molecule has 0 aliphatic carbocycles. The molecule has 0 aromatic heterocycles. The maximum atomic E-state index is 14.4. The summed E-state index contributed by atoms with van der Waals surface area (Å²) >= 11 is 0. The lowest BCUT2D eigenvalue weighted by Gasteiger charge is -2.09. The van der Waals surface area contributed by atoms with Crippen LogP contribution in [0.2, 0.25) is 0 Å². The van der Waals surface area contributed by atoms with Gasteiger partial charge in [-0.2, -0.15) is 4.39 Å². The molecule has 156 valence electrons. The van der Waals surface area contributed by atoms with Gasteiger partial charge in [0.25, 0.3) is 0 Å². The molecule has 0 N–H and O–H groups in total. The third-order valence-corrected chi connectivity index (χ3v) is 4.74. The first-order chi connectivity index (χ1) is 14.5. The Morgan fingerprint density at radius 2 is 1.47 bits per heavy atom. The average Bonchev–Trinajstić information content (AvgIpc) is 2.75. The molecule has 0 saturated heterocycles. The second kappa shape index (κ2) is 9.61. The number of benzene rings is 3. The molecule has 0 amide bonds. The van der Waals surface area contributed by atoms with Crippen molar-refractivity contribution in [2.75, 3.05) is 6.61 Å². The largest absolute Gasteiger partial charge is 0.491 e. The van der Waals surface area contributed by atoms with Crippen molar-refractivity contribution in [1.82, 2.24) is 0 Å². The van der Waals surface area contributed by atoms with E-state index in [4.69, 9.17) is 4.74 Å². The van der Waals surface area contributed by atoms with E-state index in [1.165, 1.54) is 18.2 Å². The van der Waals surface area contributed by atoms with Gasteiger partial charge in [0.1, 0.15) is 0 Å². The summed E-state index contributed by atoms with van der Waals surface area (Å²) in [5, 5.41) is 0. The number of hydrogen-bond acceptors (Lipinski definition) is 1. The number of ether oxygens (including phenoxy) is 1. The molecule has 3 rings (SSSR count). The van der Waals surface area contributed by atoms with Crippen molar-refractivity contribution in [1.29, 1.82) is 0 Å². The zero-order valence-corrected chi connectivity index (χ0v) is 16.8. The molecule has 5 heteroatoms. The van der Waals surface area contributed by atoms with Crippen molar-refractivity contribution in [3.05, 3.63) is 88.5 Å². The van der Waals surface area contributed by atoms with Crippen LogP contribution in [0.25, 0.3) is 23.3 Å². The summed E-state index contributed by atoms with van der Waals surface area (Å²) < 4.78 is 61.8. The Hall–Kier alpha value is -3.08. The molecule has 0 heterocycles. The van der Waals surface area contributed by atoms with Gasteiger partial charge in [-0.3, -0.25) is 0 Å². The van der Waals surface area contributed by atoms with Gasteiger partial charge in [0.05, 0.1) is 6.61 Å². The van der Waals surface area contributed by atoms with E-state index in [0.717, 1.165) is 6.42 Å². The molecular weight excluding hydrogens is 392 g/mol. The molecule has 3 aromatic carbocycles. The summed E-state index contributed by atoms with van der Waals surface area (Å²) in [5.74, 6) is -3.82. The standard InChI is InChI=1S/C25H22F4O/c1-3-5-18-12-13-19(23(27)22(18)26)11-8-16-6-9-17(10-7-16)20-14-15-21(30-4-2)25(29)24(20)28/h6-15H,3-5H2,1-2H3/b11-8+. The summed E-state index contributed by atoms with van der Waals surface area (Å²) in [6, 6.07) is 12.7. The third kappa shape index (κ3) is 4.56. The number of halogens is 4. The second-order valence-electron chi connectivity index (χ2n) is 6.82. The summed E-state index contributed by atoms with van der Waals surface area (Å²) in [6.07, 6.45) is 4.34. The Morgan fingerprint density at radius 3 is 2.13 bits per heavy atom. The molecule has 0 radical (unpaired) electrons. The van der Waals surface area contributed by atoms with E-state index in [1.54, 1.807) is 49.4 Å².